The highest BCUT2D eigenvalue weighted by Gasteiger charge is 2.43. The Hall–Kier alpha value is -1.44. The monoisotopic (exact) mass is 300 g/mol. The van der Waals surface area contributed by atoms with E-state index >= 15 is 0 Å². The van der Waals surface area contributed by atoms with Crippen LogP contribution in [0.25, 0.3) is 0 Å². The molecule has 0 radical (unpaired) electrons. The fourth-order valence-electron chi connectivity index (χ4n) is 3.18. The van der Waals surface area contributed by atoms with Crippen molar-refractivity contribution in [2.45, 2.75) is 31.1 Å². The molecule has 4 heteroatoms. The lowest BCUT2D eigenvalue weighted by Gasteiger charge is -2.43. The van der Waals surface area contributed by atoms with Crippen molar-refractivity contribution >= 4 is 35.2 Å². The Bertz CT molecular complexity index is 552. The van der Waals surface area contributed by atoms with Crippen molar-refractivity contribution in [3.63, 3.8) is 0 Å². The van der Waals surface area contributed by atoms with Crippen LogP contribution in [-0.4, -0.2) is 15.7 Å². The Morgan fingerprint density at radius 2 is 2.15 bits per heavy atom. The fourth-order valence-corrected chi connectivity index (χ4v) is 3.90. The molecule has 1 unspecified atom stereocenters. The average Bonchev–Trinajstić information content (AvgIpc) is 2.51. The number of hydrogen-bond acceptors (Lipinski definition) is 4. The highest BCUT2D eigenvalue weighted by atomic mass is 32.1. The molecule has 1 saturated carbocycles. The Labute approximate surface area is 130 Å². The summed E-state index contributed by atoms with van der Waals surface area (Å²) in [7, 11) is 0. The topological polar surface area (TPSA) is 36.7 Å². The van der Waals surface area contributed by atoms with Gasteiger partial charge in [-0.3, -0.25) is 4.98 Å². The van der Waals surface area contributed by atoms with E-state index in [4.69, 9.17) is 29.7 Å². The number of thiocarbonyl (C=S) groups is 2. The van der Waals surface area contributed by atoms with Crippen molar-refractivity contribution in [2.75, 3.05) is 0 Å². The standard InChI is InChI=1S/C16H16N2S2/c17-8-6-13-4-1-2-7-16(13,15(11-19)12-20)14-5-3-9-18-10-14/h3,5-6,9-12,15H,1-2,4,7H2. The van der Waals surface area contributed by atoms with Gasteiger partial charge in [-0.2, -0.15) is 5.26 Å². The second-order valence-corrected chi connectivity index (χ2v) is 5.56. The molecule has 1 aromatic heterocycles. The van der Waals surface area contributed by atoms with Gasteiger partial charge >= 0.3 is 0 Å². The van der Waals surface area contributed by atoms with Crippen LogP contribution < -0.4 is 0 Å². The minimum absolute atomic E-state index is 0.0309. The molecule has 20 heavy (non-hydrogen) atoms. The second kappa shape index (κ2) is 6.83. The van der Waals surface area contributed by atoms with E-state index in [-0.39, 0.29) is 11.3 Å². The Kier molecular flexibility index (Phi) is 5.11. The molecule has 0 amide bonds. The molecule has 0 aromatic carbocycles. The van der Waals surface area contributed by atoms with Gasteiger partial charge in [-0.1, -0.05) is 36.9 Å². The predicted octanol–water partition coefficient (Wildman–Crippen LogP) is 3.96. The van der Waals surface area contributed by atoms with Crippen LogP contribution in [0, 0.1) is 17.2 Å². The molecule has 2 rings (SSSR count). The van der Waals surface area contributed by atoms with Crippen molar-refractivity contribution in [1.82, 2.24) is 4.98 Å². The summed E-state index contributed by atoms with van der Waals surface area (Å²) in [6.07, 6.45) is 9.41. The van der Waals surface area contributed by atoms with E-state index in [1.165, 1.54) is 0 Å². The number of nitrogens with zero attached hydrogens (tertiary/aromatic N) is 2. The van der Waals surface area contributed by atoms with Crippen LogP contribution in [0.3, 0.4) is 0 Å². The fraction of sp³-hybridized carbons (Fsp3) is 0.375. The molecule has 2 nitrogen and oxygen atoms in total. The van der Waals surface area contributed by atoms with E-state index in [1.54, 1.807) is 23.0 Å². The Balaban J connectivity index is 2.65. The van der Waals surface area contributed by atoms with Crippen molar-refractivity contribution in [1.29, 1.82) is 5.26 Å². The summed E-state index contributed by atoms with van der Waals surface area (Å²) >= 11 is 10.4. The maximum atomic E-state index is 9.11. The SMILES string of the molecule is N#CC=C1CCCCC1(c1cccnc1)C(C=S)C=S. The van der Waals surface area contributed by atoms with E-state index in [1.807, 2.05) is 12.3 Å². The predicted molar refractivity (Wildman–Crippen MR) is 88.9 cm³/mol. The maximum absolute atomic E-state index is 9.11. The summed E-state index contributed by atoms with van der Waals surface area (Å²) in [5.74, 6) is -0.0309. The zero-order valence-electron chi connectivity index (χ0n) is 11.2. The zero-order valence-corrected chi connectivity index (χ0v) is 12.8. The molecule has 1 aliphatic carbocycles. The first-order valence-electron chi connectivity index (χ1n) is 6.70. The molecule has 0 N–H and O–H groups in total. The average molecular weight is 300 g/mol. The van der Waals surface area contributed by atoms with Gasteiger partial charge in [0.1, 0.15) is 0 Å². The summed E-state index contributed by atoms with van der Waals surface area (Å²) in [4.78, 5) is 4.24. The van der Waals surface area contributed by atoms with Crippen molar-refractivity contribution in [3.8, 4) is 6.07 Å². The first kappa shape index (κ1) is 15.0. The minimum Gasteiger partial charge on any atom is -0.264 e. The van der Waals surface area contributed by atoms with Crippen LogP contribution in [0.5, 0.6) is 0 Å². The first-order chi connectivity index (χ1) is 9.79. The number of pyridine rings is 1. The number of allylic oxidation sites excluding steroid dienone is 2. The second-order valence-electron chi connectivity index (χ2n) is 5.02. The van der Waals surface area contributed by atoms with Gasteiger partial charge in [-0.15, -0.1) is 0 Å². The molecule has 1 fully saturated rings. The van der Waals surface area contributed by atoms with Gasteiger partial charge in [-0.05, 0) is 47.2 Å². The summed E-state index contributed by atoms with van der Waals surface area (Å²) in [6, 6.07) is 6.18. The molecule has 0 saturated heterocycles. The van der Waals surface area contributed by atoms with Crippen LogP contribution in [0.2, 0.25) is 0 Å². The molecule has 0 spiro atoms. The van der Waals surface area contributed by atoms with E-state index in [9.17, 15) is 0 Å². The normalized spacial score (nSPS) is 24.3. The molecule has 1 heterocycles. The molecule has 0 aliphatic heterocycles. The summed E-state index contributed by atoms with van der Waals surface area (Å²) in [6.45, 7) is 0. The van der Waals surface area contributed by atoms with E-state index < -0.39 is 0 Å². The quantitative estimate of drug-likeness (QED) is 0.623. The third-order valence-corrected chi connectivity index (χ3v) is 4.70. The van der Waals surface area contributed by atoms with E-state index in [0.29, 0.717) is 0 Å². The molecule has 102 valence electrons. The molecule has 0 bridgehead atoms. The molecular weight excluding hydrogens is 284 g/mol. The lowest BCUT2D eigenvalue weighted by atomic mass is 9.60. The van der Waals surface area contributed by atoms with Gasteiger partial charge in [0.2, 0.25) is 0 Å². The Morgan fingerprint density at radius 3 is 2.75 bits per heavy atom. The van der Waals surface area contributed by atoms with Gasteiger partial charge < -0.3 is 0 Å². The number of nitriles is 1. The van der Waals surface area contributed by atoms with Gasteiger partial charge in [0.25, 0.3) is 0 Å². The van der Waals surface area contributed by atoms with Gasteiger partial charge in [0.15, 0.2) is 0 Å². The first-order valence-corrected chi connectivity index (χ1v) is 7.64. The van der Waals surface area contributed by atoms with Crippen LogP contribution >= 0.6 is 24.4 Å². The number of rotatable bonds is 4. The summed E-state index contributed by atoms with van der Waals surface area (Å²) in [5.41, 5.74) is 1.95. The van der Waals surface area contributed by atoms with Crippen molar-refractivity contribution < 1.29 is 0 Å². The highest BCUT2D eigenvalue weighted by Crippen LogP contribution is 2.47. The largest absolute Gasteiger partial charge is 0.264 e. The maximum Gasteiger partial charge on any atom is 0.0911 e. The van der Waals surface area contributed by atoms with Crippen molar-refractivity contribution in [3.05, 3.63) is 41.7 Å². The van der Waals surface area contributed by atoms with Crippen LogP contribution in [0.4, 0.5) is 0 Å². The molecule has 1 aromatic rings. The van der Waals surface area contributed by atoms with Gasteiger partial charge in [0, 0.05) is 29.8 Å². The van der Waals surface area contributed by atoms with E-state index in [0.717, 1.165) is 36.8 Å². The molecule has 1 aliphatic rings. The third kappa shape index (κ3) is 2.56. The molecule has 1 atom stereocenters. The van der Waals surface area contributed by atoms with Gasteiger partial charge in [-0.25, -0.2) is 0 Å². The highest BCUT2D eigenvalue weighted by molar-refractivity contribution is 7.80. The molecular formula is C16H16N2S2. The Morgan fingerprint density at radius 1 is 1.35 bits per heavy atom. The van der Waals surface area contributed by atoms with Crippen LogP contribution in [0.15, 0.2) is 36.2 Å². The minimum atomic E-state index is -0.286. The van der Waals surface area contributed by atoms with Gasteiger partial charge in [0.05, 0.1) is 6.07 Å². The summed E-state index contributed by atoms with van der Waals surface area (Å²) in [5, 5.41) is 12.6. The lowest BCUT2D eigenvalue weighted by Crippen LogP contribution is -2.40. The lowest BCUT2D eigenvalue weighted by molar-refractivity contribution is 0.366. The van der Waals surface area contributed by atoms with Crippen LogP contribution in [-0.2, 0) is 5.41 Å². The smallest absolute Gasteiger partial charge is 0.0911 e. The van der Waals surface area contributed by atoms with Crippen LogP contribution in [0.1, 0.15) is 31.2 Å². The van der Waals surface area contributed by atoms with Crippen molar-refractivity contribution in [2.24, 2.45) is 5.92 Å². The van der Waals surface area contributed by atoms with E-state index in [2.05, 4.69) is 17.1 Å². The zero-order chi connectivity index (χ0) is 14.4. The number of hydrogen-bond donors (Lipinski definition) is 0. The number of aromatic nitrogens is 1. The third-order valence-electron chi connectivity index (χ3n) is 4.12. The summed E-state index contributed by atoms with van der Waals surface area (Å²) < 4.78 is 0.